The van der Waals surface area contributed by atoms with Gasteiger partial charge in [-0.2, -0.15) is 0 Å². The number of aromatic nitrogens is 3. The maximum atomic E-state index is 5.47. The summed E-state index contributed by atoms with van der Waals surface area (Å²) < 4.78 is 0. The van der Waals surface area contributed by atoms with E-state index >= 15 is 0 Å². The minimum atomic E-state index is 0.687. The van der Waals surface area contributed by atoms with Gasteiger partial charge in [0.2, 0.25) is 0 Å². The summed E-state index contributed by atoms with van der Waals surface area (Å²) in [6.45, 7) is 0.687. The summed E-state index contributed by atoms with van der Waals surface area (Å²) >= 11 is 0. The molecule has 0 atom stereocenters. The smallest absolute Gasteiger partial charge is 0.116 e. The Hall–Kier alpha value is -1.81. The van der Waals surface area contributed by atoms with Gasteiger partial charge in [-0.3, -0.25) is 4.98 Å². The van der Waals surface area contributed by atoms with Crippen molar-refractivity contribution in [1.82, 2.24) is 15.0 Å². The molecule has 16 heavy (non-hydrogen) atoms. The van der Waals surface area contributed by atoms with Gasteiger partial charge in [-0.05, 0) is 37.6 Å². The predicted molar refractivity (Wildman–Crippen MR) is 62.6 cm³/mol. The van der Waals surface area contributed by atoms with Gasteiger partial charge in [-0.15, -0.1) is 0 Å². The van der Waals surface area contributed by atoms with Gasteiger partial charge in [-0.25, -0.2) is 9.97 Å². The lowest BCUT2D eigenvalue weighted by molar-refractivity contribution is 0.806. The highest BCUT2D eigenvalue weighted by Crippen LogP contribution is 2.15. The molecule has 0 fully saturated rings. The molecule has 4 heteroatoms. The second kappa shape index (κ2) is 5.32. The van der Waals surface area contributed by atoms with Crippen LogP contribution in [0.3, 0.4) is 0 Å². The minimum absolute atomic E-state index is 0.687. The van der Waals surface area contributed by atoms with Crippen LogP contribution in [0.5, 0.6) is 0 Å². The lowest BCUT2D eigenvalue weighted by Crippen LogP contribution is -2.02. The Bertz CT molecular complexity index is 442. The van der Waals surface area contributed by atoms with E-state index in [0.717, 1.165) is 29.8 Å². The highest BCUT2D eigenvalue weighted by Gasteiger charge is 2.01. The quantitative estimate of drug-likeness (QED) is 0.836. The van der Waals surface area contributed by atoms with Crippen LogP contribution in [0.1, 0.15) is 12.1 Å². The molecule has 0 aliphatic rings. The van der Waals surface area contributed by atoms with Crippen molar-refractivity contribution in [3.8, 4) is 11.3 Å². The van der Waals surface area contributed by atoms with Crippen molar-refractivity contribution in [1.29, 1.82) is 0 Å². The van der Waals surface area contributed by atoms with Crippen LogP contribution in [0.2, 0.25) is 0 Å². The summed E-state index contributed by atoms with van der Waals surface area (Å²) in [6.07, 6.45) is 6.99. The van der Waals surface area contributed by atoms with E-state index in [2.05, 4.69) is 15.0 Å². The molecule has 2 heterocycles. The Morgan fingerprint density at radius 1 is 1.25 bits per heavy atom. The lowest BCUT2D eigenvalue weighted by atomic mass is 10.1. The standard InChI is InChI=1S/C12H14N4/c13-5-1-4-11-7-12(16-9-15-11)10-3-2-6-14-8-10/h2-3,6-9H,1,4-5,13H2. The summed E-state index contributed by atoms with van der Waals surface area (Å²) in [5.41, 5.74) is 8.42. The zero-order valence-electron chi connectivity index (χ0n) is 9.00. The van der Waals surface area contributed by atoms with Gasteiger partial charge >= 0.3 is 0 Å². The fourth-order valence-electron chi connectivity index (χ4n) is 1.49. The first kappa shape index (κ1) is 10.7. The number of hydrogen-bond acceptors (Lipinski definition) is 4. The van der Waals surface area contributed by atoms with Crippen molar-refractivity contribution < 1.29 is 0 Å². The number of nitrogens with zero attached hydrogens (tertiary/aromatic N) is 3. The molecule has 0 saturated heterocycles. The Morgan fingerprint density at radius 2 is 2.19 bits per heavy atom. The van der Waals surface area contributed by atoms with E-state index in [1.165, 1.54) is 0 Å². The molecule has 2 aromatic heterocycles. The van der Waals surface area contributed by atoms with Crippen LogP contribution >= 0.6 is 0 Å². The number of aryl methyl sites for hydroxylation is 1. The summed E-state index contributed by atoms with van der Waals surface area (Å²) in [5.74, 6) is 0. The third kappa shape index (κ3) is 2.61. The van der Waals surface area contributed by atoms with E-state index < -0.39 is 0 Å². The monoisotopic (exact) mass is 214 g/mol. The van der Waals surface area contributed by atoms with Crippen LogP contribution in [-0.4, -0.2) is 21.5 Å². The molecule has 2 rings (SSSR count). The van der Waals surface area contributed by atoms with Crippen LogP contribution in [0.4, 0.5) is 0 Å². The topological polar surface area (TPSA) is 64.7 Å². The van der Waals surface area contributed by atoms with Crippen LogP contribution < -0.4 is 5.73 Å². The van der Waals surface area contributed by atoms with Gasteiger partial charge in [0, 0.05) is 23.7 Å². The van der Waals surface area contributed by atoms with E-state index in [0.29, 0.717) is 6.54 Å². The molecule has 2 N–H and O–H groups in total. The third-order valence-corrected chi connectivity index (χ3v) is 2.32. The molecule has 0 aliphatic carbocycles. The largest absolute Gasteiger partial charge is 0.330 e. The Kier molecular flexibility index (Phi) is 3.56. The Morgan fingerprint density at radius 3 is 2.94 bits per heavy atom. The second-order valence-electron chi connectivity index (χ2n) is 3.53. The zero-order valence-corrected chi connectivity index (χ0v) is 9.00. The maximum Gasteiger partial charge on any atom is 0.116 e. The fourth-order valence-corrected chi connectivity index (χ4v) is 1.49. The number of rotatable bonds is 4. The van der Waals surface area contributed by atoms with Gasteiger partial charge in [0.15, 0.2) is 0 Å². The molecule has 0 amide bonds. The number of hydrogen-bond donors (Lipinski definition) is 1. The fraction of sp³-hybridized carbons (Fsp3) is 0.250. The number of nitrogens with two attached hydrogens (primary N) is 1. The lowest BCUT2D eigenvalue weighted by Gasteiger charge is -2.02. The van der Waals surface area contributed by atoms with Crippen LogP contribution in [0, 0.1) is 0 Å². The normalized spacial score (nSPS) is 10.3. The molecule has 0 aromatic carbocycles. The van der Waals surface area contributed by atoms with Gasteiger partial charge in [0.25, 0.3) is 0 Å². The first-order valence-electron chi connectivity index (χ1n) is 5.31. The minimum Gasteiger partial charge on any atom is -0.330 e. The van der Waals surface area contributed by atoms with Gasteiger partial charge in [0.05, 0.1) is 5.69 Å². The molecule has 82 valence electrons. The summed E-state index contributed by atoms with van der Waals surface area (Å²) in [4.78, 5) is 12.5. The molecule has 4 nitrogen and oxygen atoms in total. The predicted octanol–water partition coefficient (Wildman–Crippen LogP) is 1.43. The van der Waals surface area contributed by atoms with E-state index in [4.69, 9.17) is 5.73 Å². The van der Waals surface area contributed by atoms with E-state index in [-0.39, 0.29) is 0 Å². The van der Waals surface area contributed by atoms with Crippen molar-refractivity contribution in [3.63, 3.8) is 0 Å². The average Bonchev–Trinajstić information content (AvgIpc) is 2.38. The summed E-state index contributed by atoms with van der Waals surface area (Å²) in [7, 11) is 0. The van der Waals surface area contributed by atoms with Crippen molar-refractivity contribution in [2.75, 3.05) is 6.54 Å². The first-order valence-corrected chi connectivity index (χ1v) is 5.31. The highest BCUT2D eigenvalue weighted by molar-refractivity contribution is 5.57. The van der Waals surface area contributed by atoms with E-state index in [9.17, 15) is 0 Å². The van der Waals surface area contributed by atoms with Crippen LogP contribution in [0.15, 0.2) is 36.9 Å². The molecular weight excluding hydrogens is 200 g/mol. The van der Waals surface area contributed by atoms with Crippen LogP contribution in [0.25, 0.3) is 11.3 Å². The van der Waals surface area contributed by atoms with Gasteiger partial charge in [0.1, 0.15) is 6.33 Å². The van der Waals surface area contributed by atoms with E-state index in [1.807, 2.05) is 18.2 Å². The number of pyridine rings is 1. The Labute approximate surface area is 94.6 Å². The van der Waals surface area contributed by atoms with Crippen LogP contribution in [-0.2, 0) is 6.42 Å². The average molecular weight is 214 g/mol. The van der Waals surface area contributed by atoms with Crippen molar-refractivity contribution >= 4 is 0 Å². The molecule has 0 bridgehead atoms. The van der Waals surface area contributed by atoms with Crippen molar-refractivity contribution in [2.45, 2.75) is 12.8 Å². The Balaban J connectivity index is 2.22. The summed E-state index contributed by atoms with van der Waals surface area (Å²) in [6, 6.07) is 5.88. The molecule has 0 saturated carbocycles. The van der Waals surface area contributed by atoms with Gasteiger partial charge in [-0.1, -0.05) is 0 Å². The molecule has 2 aromatic rings. The van der Waals surface area contributed by atoms with Gasteiger partial charge < -0.3 is 5.73 Å². The molecule has 0 radical (unpaired) electrons. The third-order valence-electron chi connectivity index (χ3n) is 2.32. The van der Waals surface area contributed by atoms with E-state index in [1.54, 1.807) is 18.7 Å². The zero-order chi connectivity index (χ0) is 11.2. The molecule has 0 spiro atoms. The van der Waals surface area contributed by atoms with Crippen molar-refractivity contribution in [3.05, 3.63) is 42.6 Å². The summed E-state index contributed by atoms with van der Waals surface area (Å²) in [5, 5.41) is 0. The SMILES string of the molecule is NCCCc1cc(-c2cccnc2)ncn1. The maximum absolute atomic E-state index is 5.47. The molecule has 0 aliphatic heterocycles. The second-order valence-corrected chi connectivity index (χ2v) is 3.53. The molecule has 0 unspecified atom stereocenters. The highest BCUT2D eigenvalue weighted by atomic mass is 14.8. The molecular formula is C12H14N4. The first-order chi connectivity index (χ1) is 7.90. The van der Waals surface area contributed by atoms with Crippen molar-refractivity contribution in [2.24, 2.45) is 5.73 Å².